The number of non-ortho nitro benzene ring substituents is 1. The molecule has 0 bridgehead atoms. The van der Waals surface area contributed by atoms with Gasteiger partial charge in [0, 0.05) is 43.8 Å². The van der Waals surface area contributed by atoms with Crippen molar-refractivity contribution in [2.75, 3.05) is 44.3 Å². The van der Waals surface area contributed by atoms with Crippen LogP contribution in [0.1, 0.15) is 23.7 Å². The van der Waals surface area contributed by atoms with Gasteiger partial charge < -0.3 is 20.2 Å². The smallest absolute Gasteiger partial charge is 0.305 e. The molecule has 0 radical (unpaired) electrons. The van der Waals surface area contributed by atoms with Gasteiger partial charge in [0.05, 0.1) is 22.6 Å². The number of piperazine rings is 1. The lowest BCUT2D eigenvalue weighted by molar-refractivity contribution is -0.383. The number of likely N-dealkylation sites (N-methyl/N-ethyl adjacent to an activating group) is 1. The summed E-state index contributed by atoms with van der Waals surface area (Å²) < 4.78 is 12.9. The number of benzene rings is 1. The predicted octanol–water partition coefficient (Wildman–Crippen LogP) is 1.40. The summed E-state index contributed by atoms with van der Waals surface area (Å²) in [5.74, 6) is -3.24. The van der Waals surface area contributed by atoms with Gasteiger partial charge >= 0.3 is 5.97 Å². The van der Waals surface area contributed by atoms with E-state index in [1.807, 2.05) is 11.8 Å². The Labute approximate surface area is 188 Å². The summed E-state index contributed by atoms with van der Waals surface area (Å²) in [4.78, 5) is 55.2. The lowest BCUT2D eigenvalue weighted by Gasteiger charge is -2.36. The van der Waals surface area contributed by atoms with Gasteiger partial charge in [-0.25, -0.2) is 9.37 Å². The zero-order valence-corrected chi connectivity index (χ0v) is 18.0. The van der Waals surface area contributed by atoms with Crippen molar-refractivity contribution in [2.24, 2.45) is 0 Å². The molecule has 1 aromatic carbocycles. The third kappa shape index (κ3) is 5.22. The number of nitrogens with zero attached hydrogens (tertiary/aromatic N) is 4. The van der Waals surface area contributed by atoms with Crippen LogP contribution in [0.4, 0.5) is 15.8 Å². The highest BCUT2D eigenvalue weighted by atomic mass is 19.1. The molecular formula is C21H24FN5O6. The summed E-state index contributed by atoms with van der Waals surface area (Å²) in [5.41, 5.74) is 0.312. The first-order valence-corrected chi connectivity index (χ1v) is 10.4. The Kier molecular flexibility index (Phi) is 7.48. The summed E-state index contributed by atoms with van der Waals surface area (Å²) in [6.07, 6.45) is 0.398. The SMILES string of the molecule is CCN1CCN(c2c(C(=O)NC(CC(=O)O)C(=O)CF)cnc3c([N+](=O)[O-])cccc23)CC1. The van der Waals surface area contributed by atoms with Gasteiger partial charge in [0.2, 0.25) is 0 Å². The van der Waals surface area contributed by atoms with Gasteiger partial charge in [-0.2, -0.15) is 0 Å². The molecule has 0 aliphatic carbocycles. The van der Waals surface area contributed by atoms with Crippen LogP contribution in [0.25, 0.3) is 10.9 Å². The normalized spacial score (nSPS) is 15.3. The Morgan fingerprint density at radius 1 is 1.27 bits per heavy atom. The molecule has 33 heavy (non-hydrogen) atoms. The van der Waals surface area contributed by atoms with E-state index in [1.54, 1.807) is 6.07 Å². The zero-order valence-electron chi connectivity index (χ0n) is 18.0. The van der Waals surface area contributed by atoms with Gasteiger partial charge in [0.15, 0.2) is 5.78 Å². The molecule has 1 amide bonds. The number of alkyl halides is 1. The number of ketones is 1. The molecule has 1 atom stereocenters. The second kappa shape index (κ2) is 10.3. The van der Waals surface area contributed by atoms with Crippen LogP contribution in [-0.2, 0) is 9.59 Å². The van der Waals surface area contributed by atoms with Crippen LogP contribution in [-0.4, -0.2) is 83.0 Å². The maximum Gasteiger partial charge on any atom is 0.305 e. The highest BCUT2D eigenvalue weighted by molar-refractivity contribution is 6.10. The molecule has 2 heterocycles. The first-order valence-electron chi connectivity index (χ1n) is 10.4. The molecule has 11 nitrogen and oxygen atoms in total. The number of Topliss-reactive ketones (excluding diaryl/α,β-unsaturated/α-hetero) is 1. The number of fused-ring (bicyclic) bond motifs is 1. The molecule has 0 saturated carbocycles. The van der Waals surface area contributed by atoms with Crippen LogP contribution >= 0.6 is 0 Å². The zero-order chi connectivity index (χ0) is 24.1. The third-order valence-electron chi connectivity index (χ3n) is 5.63. The second-order valence-corrected chi connectivity index (χ2v) is 7.60. The predicted molar refractivity (Wildman–Crippen MR) is 117 cm³/mol. The van der Waals surface area contributed by atoms with E-state index in [0.717, 1.165) is 6.54 Å². The van der Waals surface area contributed by atoms with Crippen molar-refractivity contribution in [3.05, 3.63) is 40.1 Å². The van der Waals surface area contributed by atoms with E-state index < -0.39 is 41.7 Å². The van der Waals surface area contributed by atoms with Crippen LogP contribution in [0.3, 0.4) is 0 Å². The topological polar surface area (TPSA) is 146 Å². The third-order valence-corrected chi connectivity index (χ3v) is 5.63. The van der Waals surface area contributed by atoms with Crippen LogP contribution < -0.4 is 10.2 Å². The highest BCUT2D eigenvalue weighted by Crippen LogP contribution is 2.34. The molecule has 176 valence electrons. The van der Waals surface area contributed by atoms with Crippen molar-refractivity contribution in [3.63, 3.8) is 0 Å². The minimum absolute atomic E-state index is 0.0231. The van der Waals surface area contributed by atoms with E-state index in [4.69, 9.17) is 5.11 Å². The number of hydrogen-bond acceptors (Lipinski definition) is 8. The fraction of sp³-hybridized carbons (Fsp3) is 0.429. The molecule has 1 unspecified atom stereocenters. The number of aromatic nitrogens is 1. The number of nitro groups is 1. The van der Waals surface area contributed by atoms with Gasteiger partial charge in [0.25, 0.3) is 11.6 Å². The minimum Gasteiger partial charge on any atom is -0.481 e. The summed E-state index contributed by atoms with van der Waals surface area (Å²) in [7, 11) is 0. The van der Waals surface area contributed by atoms with Crippen LogP contribution in [0, 0.1) is 10.1 Å². The molecule has 2 aromatic rings. The number of carbonyl (C=O) groups is 3. The molecule has 2 N–H and O–H groups in total. The number of halogens is 1. The van der Waals surface area contributed by atoms with Gasteiger partial charge in [0.1, 0.15) is 18.2 Å². The summed E-state index contributed by atoms with van der Waals surface area (Å²) in [5, 5.41) is 23.2. The van der Waals surface area contributed by atoms with Crippen molar-refractivity contribution in [3.8, 4) is 0 Å². The average molecular weight is 461 g/mol. The molecule has 1 aliphatic rings. The van der Waals surface area contributed by atoms with Crippen molar-refractivity contribution < 1.29 is 28.8 Å². The Hall–Kier alpha value is -3.67. The quantitative estimate of drug-likeness (QED) is 0.418. The van der Waals surface area contributed by atoms with Gasteiger partial charge in [-0.05, 0) is 6.54 Å². The molecule has 0 spiro atoms. The molecule has 1 aromatic heterocycles. The minimum atomic E-state index is -1.55. The fourth-order valence-electron chi connectivity index (χ4n) is 3.88. The maximum atomic E-state index is 13.1. The van der Waals surface area contributed by atoms with E-state index in [1.165, 1.54) is 18.3 Å². The standard InChI is InChI=1S/C21H24FN5O6/c1-2-25-6-8-26(9-7-25)20-13-4-3-5-16(27(32)33)19(13)23-12-14(20)21(31)24-15(10-18(29)30)17(28)11-22/h3-5,12,15H,2,6-11H2,1H3,(H,24,31)(H,29,30). The van der Waals surface area contributed by atoms with E-state index in [-0.39, 0.29) is 16.8 Å². The number of nitro benzene ring substituents is 1. The number of anilines is 1. The molecule has 12 heteroatoms. The number of amides is 1. The Balaban J connectivity index is 2.08. The van der Waals surface area contributed by atoms with Gasteiger partial charge in [-0.3, -0.25) is 24.5 Å². The van der Waals surface area contributed by atoms with Crippen LogP contribution in [0.15, 0.2) is 24.4 Å². The summed E-state index contributed by atoms with van der Waals surface area (Å²) >= 11 is 0. The average Bonchev–Trinajstić information content (AvgIpc) is 2.81. The molecule has 3 rings (SSSR count). The number of carboxylic acids is 1. The number of aliphatic carboxylic acids is 1. The lowest BCUT2D eigenvalue weighted by atomic mass is 10.0. The largest absolute Gasteiger partial charge is 0.481 e. The molecule has 1 saturated heterocycles. The fourth-order valence-corrected chi connectivity index (χ4v) is 3.88. The van der Waals surface area contributed by atoms with Gasteiger partial charge in [-0.15, -0.1) is 0 Å². The van der Waals surface area contributed by atoms with E-state index >= 15 is 0 Å². The number of rotatable bonds is 9. The maximum absolute atomic E-state index is 13.1. The first kappa shape index (κ1) is 24.0. The summed E-state index contributed by atoms with van der Waals surface area (Å²) in [6, 6.07) is 2.88. The number of carbonyl (C=O) groups excluding carboxylic acids is 2. The lowest BCUT2D eigenvalue weighted by Crippen LogP contribution is -2.47. The molecule has 1 fully saturated rings. The molecular weight excluding hydrogens is 437 g/mol. The first-order chi connectivity index (χ1) is 15.8. The highest BCUT2D eigenvalue weighted by Gasteiger charge is 2.29. The van der Waals surface area contributed by atoms with Crippen molar-refractivity contribution in [1.29, 1.82) is 0 Å². The Morgan fingerprint density at radius 2 is 1.97 bits per heavy atom. The van der Waals surface area contributed by atoms with Crippen molar-refractivity contribution in [2.45, 2.75) is 19.4 Å². The Bertz CT molecular complexity index is 1090. The van der Waals surface area contributed by atoms with Crippen molar-refractivity contribution >= 4 is 39.9 Å². The van der Waals surface area contributed by atoms with Crippen LogP contribution in [0.2, 0.25) is 0 Å². The Morgan fingerprint density at radius 3 is 2.55 bits per heavy atom. The van der Waals surface area contributed by atoms with E-state index in [9.17, 15) is 28.9 Å². The summed E-state index contributed by atoms with van der Waals surface area (Å²) in [6.45, 7) is 3.95. The monoisotopic (exact) mass is 461 g/mol. The van der Waals surface area contributed by atoms with E-state index in [2.05, 4.69) is 15.2 Å². The number of pyridine rings is 1. The second-order valence-electron chi connectivity index (χ2n) is 7.60. The number of hydrogen-bond donors (Lipinski definition) is 2. The number of para-hydroxylation sites is 1. The van der Waals surface area contributed by atoms with E-state index in [0.29, 0.717) is 37.3 Å². The molecule has 1 aliphatic heterocycles. The van der Waals surface area contributed by atoms with Crippen LogP contribution in [0.5, 0.6) is 0 Å². The van der Waals surface area contributed by atoms with Crippen molar-refractivity contribution in [1.82, 2.24) is 15.2 Å². The number of carboxylic acid groups (broad SMARTS) is 1. The van der Waals surface area contributed by atoms with Gasteiger partial charge in [-0.1, -0.05) is 19.1 Å². The number of nitrogens with one attached hydrogen (secondary N) is 1.